The van der Waals surface area contributed by atoms with Crippen molar-refractivity contribution in [1.29, 1.82) is 0 Å². The van der Waals surface area contributed by atoms with Crippen LogP contribution in [0.5, 0.6) is 11.5 Å². The number of benzene rings is 2. The molecule has 4 heteroatoms. The van der Waals surface area contributed by atoms with Crippen molar-refractivity contribution in [2.75, 3.05) is 13.7 Å². The van der Waals surface area contributed by atoms with Crippen molar-refractivity contribution in [1.82, 2.24) is 9.97 Å². The minimum Gasteiger partial charge on any atom is -0.494 e. The molecule has 3 aromatic rings. The standard InChI is InChI=1S/C15H14N2O2/c1-3-19-10-7-8-11-13(9-10)16-12-5-4-6-14(18-2)15(12)17-11/h4-9H,3H2,1-2H3. The first-order valence-corrected chi connectivity index (χ1v) is 6.19. The second-order valence-electron chi connectivity index (χ2n) is 4.14. The molecule has 0 aliphatic carbocycles. The van der Waals surface area contributed by atoms with E-state index in [-0.39, 0.29) is 0 Å². The fourth-order valence-corrected chi connectivity index (χ4v) is 2.07. The zero-order valence-corrected chi connectivity index (χ0v) is 10.9. The highest BCUT2D eigenvalue weighted by Gasteiger charge is 2.07. The van der Waals surface area contributed by atoms with Crippen LogP contribution < -0.4 is 9.47 Å². The van der Waals surface area contributed by atoms with Crippen LogP contribution in [-0.4, -0.2) is 23.7 Å². The Hall–Kier alpha value is -2.36. The van der Waals surface area contributed by atoms with E-state index in [1.165, 1.54) is 0 Å². The molecule has 0 aliphatic heterocycles. The monoisotopic (exact) mass is 254 g/mol. The Bertz CT molecular complexity index is 741. The van der Waals surface area contributed by atoms with E-state index in [4.69, 9.17) is 9.47 Å². The van der Waals surface area contributed by atoms with Gasteiger partial charge in [-0.1, -0.05) is 6.07 Å². The molecule has 0 saturated carbocycles. The van der Waals surface area contributed by atoms with Gasteiger partial charge in [0.05, 0.1) is 30.3 Å². The van der Waals surface area contributed by atoms with Gasteiger partial charge in [0, 0.05) is 6.07 Å². The van der Waals surface area contributed by atoms with Gasteiger partial charge < -0.3 is 9.47 Å². The van der Waals surface area contributed by atoms with Gasteiger partial charge in [0.25, 0.3) is 0 Å². The van der Waals surface area contributed by atoms with Gasteiger partial charge in [0.15, 0.2) is 0 Å². The summed E-state index contributed by atoms with van der Waals surface area (Å²) < 4.78 is 10.8. The van der Waals surface area contributed by atoms with Crippen molar-refractivity contribution in [2.45, 2.75) is 6.92 Å². The number of hydrogen-bond donors (Lipinski definition) is 0. The average Bonchev–Trinajstić information content (AvgIpc) is 2.44. The summed E-state index contributed by atoms with van der Waals surface area (Å²) in [5, 5.41) is 0. The molecule has 2 aromatic carbocycles. The molecule has 0 fully saturated rings. The third kappa shape index (κ3) is 2.05. The summed E-state index contributed by atoms with van der Waals surface area (Å²) in [6.07, 6.45) is 0. The lowest BCUT2D eigenvalue weighted by Gasteiger charge is -2.07. The summed E-state index contributed by atoms with van der Waals surface area (Å²) in [5.74, 6) is 1.55. The minimum absolute atomic E-state index is 0.639. The van der Waals surface area contributed by atoms with E-state index >= 15 is 0 Å². The van der Waals surface area contributed by atoms with E-state index in [0.717, 1.165) is 33.6 Å². The second kappa shape index (κ2) is 4.72. The molecule has 0 amide bonds. The largest absolute Gasteiger partial charge is 0.494 e. The Morgan fingerprint density at radius 2 is 1.89 bits per heavy atom. The van der Waals surface area contributed by atoms with Crippen molar-refractivity contribution in [3.63, 3.8) is 0 Å². The van der Waals surface area contributed by atoms with Gasteiger partial charge in [0.2, 0.25) is 0 Å². The molecule has 1 aromatic heterocycles. The number of hydrogen-bond acceptors (Lipinski definition) is 4. The van der Waals surface area contributed by atoms with E-state index < -0.39 is 0 Å². The summed E-state index contributed by atoms with van der Waals surface area (Å²) >= 11 is 0. The molecule has 0 bridgehead atoms. The first-order chi connectivity index (χ1) is 9.31. The summed E-state index contributed by atoms with van der Waals surface area (Å²) in [5.41, 5.74) is 3.26. The second-order valence-corrected chi connectivity index (χ2v) is 4.14. The SMILES string of the molecule is CCOc1ccc2nc3c(OC)cccc3nc2c1. The molecule has 96 valence electrons. The van der Waals surface area contributed by atoms with Crippen LogP contribution in [0.15, 0.2) is 36.4 Å². The van der Waals surface area contributed by atoms with Crippen LogP contribution in [-0.2, 0) is 0 Å². The van der Waals surface area contributed by atoms with E-state index in [1.807, 2.05) is 43.3 Å². The summed E-state index contributed by atoms with van der Waals surface area (Å²) in [7, 11) is 1.64. The molecule has 4 nitrogen and oxygen atoms in total. The van der Waals surface area contributed by atoms with Gasteiger partial charge in [0.1, 0.15) is 17.0 Å². The van der Waals surface area contributed by atoms with Gasteiger partial charge in [-0.2, -0.15) is 0 Å². The molecule has 0 unspecified atom stereocenters. The maximum atomic E-state index is 5.48. The van der Waals surface area contributed by atoms with E-state index in [9.17, 15) is 0 Å². The topological polar surface area (TPSA) is 44.2 Å². The van der Waals surface area contributed by atoms with E-state index in [2.05, 4.69) is 9.97 Å². The van der Waals surface area contributed by atoms with E-state index in [1.54, 1.807) is 7.11 Å². The lowest BCUT2D eigenvalue weighted by atomic mass is 10.2. The highest BCUT2D eigenvalue weighted by atomic mass is 16.5. The maximum absolute atomic E-state index is 5.48. The van der Waals surface area contributed by atoms with Gasteiger partial charge in [-0.25, -0.2) is 9.97 Å². The predicted octanol–water partition coefficient (Wildman–Crippen LogP) is 3.19. The smallest absolute Gasteiger partial charge is 0.146 e. The molecule has 0 aliphatic rings. The van der Waals surface area contributed by atoms with Crippen molar-refractivity contribution in [3.8, 4) is 11.5 Å². The number of aromatic nitrogens is 2. The van der Waals surface area contributed by atoms with Gasteiger partial charge in [-0.05, 0) is 31.2 Å². The molecule has 19 heavy (non-hydrogen) atoms. The fourth-order valence-electron chi connectivity index (χ4n) is 2.07. The van der Waals surface area contributed by atoms with Crippen LogP contribution in [0.25, 0.3) is 22.1 Å². The zero-order chi connectivity index (χ0) is 13.2. The van der Waals surface area contributed by atoms with Crippen LogP contribution in [0.3, 0.4) is 0 Å². The molecular formula is C15H14N2O2. The number of nitrogens with zero attached hydrogens (tertiary/aromatic N) is 2. The Balaban J connectivity index is 2.25. The Morgan fingerprint density at radius 1 is 1.00 bits per heavy atom. The van der Waals surface area contributed by atoms with Crippen molar-refractivity contribution in [2.24, 2.45) is 0 Å². The minimum atomic E-state index is 0.639. The van der Waals surface area contributed by atoms with Crippen molar-refractivity contribution >= 4 is 22.1 Å². The number of rotatable bonds is 3. The van der Waals surface area contributed by atoms with Crippen LogP contribution in [0.1, 0.15) is 6.92 Å². The number of methoxy groups -OCH3 is 1. The quantitative estimate of drug-likeness (QED) is 0.673. The molecular weight excluding hydrogens is 240 g/mol. The lowest BCUT2D eigenvalue weighted by molar-refractivity contribution is 0.340. The van der Waals surface area contributed by atoms with Crippen molar-refractivity contribution in [3.05, 3.63) is 36.4 Å². The summed E-state index contributed by atoms with van der Waals surface area (Å²) in [6.45, 7) is 2.60. The van der Waals surface area contributed by atoms with Gasteiger partial charge in [-0.15, -0.1) is 0 Å². The van der Waals surface area contributed by atoms with Crippen molar-refractivity contribution < 1.29 is 9.47 Å². The molecule has 0 radical (unpaired) electrons. The van der Waals surface area contributed by atoms with Crippen LogP contribution in [0.4, 0.5) is 0 Å². The molecule has 1 heterocycles. The van der Waals surface area contributed by atoms with Crippen LogP contribution in [0, 0.1) is 0 Å². The van der Waals surface area contributed by atoms with Crippen LogP contribution in [0.2, 0.25) is 0 Å². The first-order valence-electron chi connectivity index (χ1n) is 6.19. The average molecular weight is 254 g/mol. The summed E-state index contributed by atoms with van der Waals surface area (Å²) in [6, 6.07) is 11.5. The lowest BCUT2D eigenvalue weighted by Crippen LogP contribution is -1.94. The van der Waals surface area contributed by atoms with Crippen LogP contribution >= 0.6 is 0 Å². The first kappa shape index (κ1) is 11.7. The predicted molar refractivity (Wildman–Crippen MR) is 74.8 cm³/mol. The molecule has 0 atom stereocenters. The molecule has 3 rings (SSSR count). The normalized spacial score (nSPS) is 10.8. The molecule has 0 saturated heterocycles. The Morgan fingerprint density at radius 3 is 2.68 bits per heavy atom. The molecule has 0 N–H and O–H groups in total. The van der Waals surface area contributed by atoms with Gasteiger partial charge >= 0.3 is 0 Å². The number of para-hydroxylation sites is 1. The van der Waals surface area contributed by atoms with Gasteiger partial charge in [-0.3, -0.25) is 0 Å². The fraction of sp³-hybridized carbons (Fsp3) is 0.200. The summed E-state index contributed by atoms with van der Waals surface area (Å²) in [4.78, 5) is 9.21. The number of ether oxygens (including phenoxy) is 2. The highest BCUT2D eigenvalue weighted by molar-refractivity contribution is 5.90. The number of fused-ring (bicyclic) bond motifs is 2. The Labute approximate surface area is 111 Å². The third-order valence-corrected chi connectivity index (χ3v) is 2.93. The molecule has 0 spiro atoms. The van der Waals surface area contributed by atoms with E-state index in [0.29, 0.717) is 6.61 Å². The zero-order valence-electron chi connectivity index (χ0n) is 10.9. The maximum Gasteiger partial charge on any atom is 0.146 e. The Kier molecular flexibility index (Phi) is 2.91. The highest BCUT2D eigenvalue weighted by Crippen LogP contribution is 2.26. The third-order valence-electron chi connectivity index (χ3n) is 2.93.